The maximum absolute atomic E-state index is 3.52. The summed E-state index contributed by atoms with van der Waals surface area (Å²) in [5.41, 5.74) is 2.03. The summed E-state index contributed by atoms with van der Waals surface area (Å²) in [6.07, 6.45) is 0. The van der Waals surface area contributed by atoms with Crippen LogP contribution in [0.2, 0.25) is 0 Å². The highest BCUT2D eigenvalue weighted by Gasteiger charge is 2.05. The molecule has 0 aromatic heterocycles. The molecule has 0 heterocycles. The van der Waals surface area contributed by atoms with Crippen LogP contribution in [0.25, 0.3) is 0 Å². The maximum Gasteiger partial charge on any atom is 0.0770 e. The highest BCUT2D eigenvalue weighted by atomic mass is 79.9. The van der Waals surface area contributed by atoms with Gasteiger partial charge in [-0.15, -0.1) is 0 Å². The van der Waals surface area contributed by atoms with E-state index in [2.05, 4.69) is 64.9 Å². The molecular weight excluding hydrogens is 434 g/mol. The molecule has 0 fully saturated rings. The van der Waals surface area contributed by atoms with Gasteiger partial charge in [0.1, 0.15) is 0 Å². The molecule has 0 amide bonds. The Kier molecular flexibility index (Phi) is 5.50. The molecule has 4 heteroatoms. The van der Waals surface area contributed by atoms with Crippen LogP contribution in [0.4, 0.5) is 5.69 Å². The van der Waals surface area contributed by atoms with E-state index >= 15 is 0 Å². The number of anilines is 1. The molecule has 19 heavy (non-hydrogen) atoms. The lowest BCUT2D eigenvalue weighted by Gasteiger charge is -2.08. The summed E-state index contributed by atoms with van der Waals surface area (Å²) in [7, 11) is 0. The smallest absolute Gasteiger partial charge is 0.0770 e. The molecule has 0 saturated carbocycles. The first-order valence-electron chi connectivity index (χ1n) is 5.59. The Labute approximate surface area is 138 Å². The zero-order valence-electron chi connectivity index (χ0n) is 9.88. The Morgan fingerprint density at radius 2 is 1.58 bits per heavy atom. The largest absolute Gasteiger partial charge is 0.372 e. The van der Waals surface area contributed by atoms with Gasteiger partial charge in [-0.2, -0.15) is 0 Å². The molecule has 1 nitrogen and oxygen atoms in total. The second kappa shape index (κ2) is 7.14. The van der Waals surface area contributed by atoms with E-state index in [0.717, 1.165) is 24.7 Å². The van der Waals surface area contributed by atoms with Crippen molar-refractivity contribution in [3.63, 3.8) is 0 Å². The van der Waals surface area contributed by atoms with Crippen LogP contribution in [0.1, 0.15) is 5.56 Å². The number of hydrogen-bond donors (Lipinski definition) is 1. The molecule has 2 aromatic carbocycles. The van der Waals surface area contributed by atoms with Gasteiger partial charge in [-0.25, -0.2) is 0 Å². The predicted molar refractivity (Wildman–Crippen MR) is 91.4 cm³/mol. The number of halogens is 3. The van der Waals surface area contributed by atoms with Crippen LogP contribution in [0.15, 0.2) is 55.9 Å². The van der Waals surface area contributed by atoms with E-state index in [-0.39, 0.29) is 0 Å². The van der Waals surface area contributed by atoms with Gasteiger partial charge in [-0.1, -0.05) is 46.0 Å². The zero-order chi connectivity index (χ0) is 13.7. The van der Waals surface area contributed by atoms with Gasteiger partial charge in [0.25, 0.3) is 0 Å². The highest BCUT2D eigenvalue weighted by Crippen LogP contribution is 2.34. The van der Waals surface area contributed by atoms with Crippen LogP contribution in [0.3, 0.4) is 0 Å². The summed E-state index contributed by atoms with van der Waals surface area (Å²) in [4.78, 5) is 0. The molecule has 0 radical (unpaired) electrons. The third-order valence-electron chi connectivity index (χ3n) is 2.37. The van der Waals surface area contributed by atoms with Gasteiger partial charge < -0.3 is 5.32 Å². The van der Waals surface area contributed by atoms with Crippen molar-refractivity contribution < 1.29 is 0 Å². The van der Waals surface area contributed by atoms with E-state index < -0.39 is 0 Å². The summed E-state index contributed by atoms with van der Waals surface area (Å²) in [5, 5.41) is 3.29. The quantitative estimate of drug-likeness (QED) is 0.609. The normalized spacial score (nSPS) is 9.63. The molecule has 0 aliphatic heterocycles. The monoisotopic (exact) mass is 441 g/mol. The number of benzene rings is 2. The molecule has 2 rings (SSSR count). The molecule has 0 atom stereocenters. The van der Waals surface area contributed by atoms with Gasteiger partial charge in [-0.3, -0.25) is 0 Å². The number of rotatable bonds is 2. The second-order valence-electron chi connectivity index (χ2n) is 3.77. The Morgan fingerprint density at radius 3 is 2.21 bits per heavy atom. The summed E-state index contributed by atoms with van der Waals surface area (Å²) in [6.45, 7) is 0.591. The van der Waals surface area contributed by atoms with Crippen molar-refractivity contribution in [2.45, 2.75) is 0 Å². The van der Waals surface area contributed by atoms with Crippen LogP contribution in [-0.4, -0.2) is 6.54 Å². The first-order valence-corrected chi connectivity index (χ1v) is 7.97. The SMILES string of the molecule is Brc1cc(Br)c(NCC#Cc2ccccc2)c(Br)c1. The fraction of sp³-hybridized carbons (Fsp3) is 0.0667. The van der Waals surface area contributed by atoms with Crippen LogP contribution < -0.4 is 5.32 Å². The van der Waals surface area contributed by atoms with Crippen molar-refractivity contribution in [3.8, 4) is 11.8 Å². The molecular formula is C15H10Br3N. The molecule has 0 spiro atoms. The van der Waals surface area contributed by atoms with E-state index in [1.54, 1.807) is 0 Å². The minimum Gasteiger partial charge on any atom is -0.372 e. The van der Waals surface area contributed by atoms with E-state index in [9.17, 15) is 0 Å². The molecule has 0 aliphatic carbocycles. The molecule has 0 bridgehead atoms. The number of hydrogen-bond acceptors (Lipinski definition) is 1. The van der Waals surface area contributed by atoms with Gasteiger partial charge >= 0.3 is 0 Å². The van der Waals surface area contributed by atoms with Crippen molar-refractivity contribution in [1.29, 1.82) is 0 Å². The van der Waals surface area contributed by atoms with Crippen molar-refractivity contribution >= 4 is 53.5 Å². The lowest BCUT2D eigenvalue weighted by molar-refractivity contribution is 1.35. The summed E-state index contributed by atoms with van der Waals surface area (Å²) >= 11 is 10.5. The Morgan fingerprint density at radius 1 is 0.947 bits per heavy atom. The lowest BCUT2D eigenvalue weighted by atomic mass is 10.2. The fourth-order valence-corrected chi connectivity index (χ4v) is 4.05. The molecule has 1 N–H and O–H groups in total. The molecule has 0 aliphatic rings. The van der Waals surface area contributed by atoms with E-state index in [4.69, 9.17) is 0 Å². The van der Waals surface area contributed by atoms with E-state index in [0.29, 0.717) is 6.54 Å². The first kappa shape index (κ1) is 14.6. The van der Waals surface area contributed by atoms with Crippen LogP contribution >= 0.6 is 47.8 Å². The van der Waals surface area contributed by atoms with Gasteiger partial charge in [0.2, 0.25) is 0 Å². The molecule has 2 aromatic rings. The van der Waals surface area contributed by atoms with Crippen molar-refractivity contribution in [1.82, 2.24) is 0 Å². The molecule has 96 valence electrons. The molecule has 0 unspecified atom stereocenters. The van der Waals surface area contributed by atoms with Crippen LogP contribution in [0.5, 0.6) is 0 Å². The van der Waals surface area contributed by atoms with Crippen molar-refractivity contribution in [2.75, 3.05) is 11.9 Å². The van der Waals surface area contributed by atoms with E-state index in [1.807, 2.05) is 42.5 Å². The standard InChI is InChI=1S/C15H10Br3N/c16-12-9-13(17)15(14(18)10-12)19-8-4-7-11-5-2-1-3-6-11/h1-3,5-6,9-10,19H,8H2. The predicted octanol–water partition coefficient (Wildman–Crippen LogP) is 5.44. The maximum atomic E-state index is 3.52. The third kappa shape index (κ3) is 4.38. The van der Waals surface area contributed by atoms with Gasteiger partial charge in [0.15, 0.2) is 0 Å². The third-order valence-corrected chi connectivity index (χ3v) is 4.08. The second-order valence-corrected chi connectivity index (χ2v) is 6.39. The van der Waals surface area contributed by atoms with E-state index in [1.165, 1.54) is 0 Å². The summed E-state index contributed by atoms with van der Waals surface area (Å²) in [5.74, 6) is 6.22. The van der Waals surface area contributed by atoms with Crippen LogP contribution in [0, 0.1) is 11.8 Å². The average Bonchev–Trinajstić information content (AvgIpc) is 2.38. The van der Waals surface area contributed by atoms with Crippen molar-refractivity contribution in [3.05, 3.63) is 61.4 Å². The Balaban J connectivity index is 2.03. The average molecular weight is 444 g/mol. The van der Waals surface area contributed by atoms with Gasteiger partial charge in [-0.05, 0) is 56.1 Å². The minimum absolute atomic E-state index is 0.591. The fourth-order valence-electron chi connectivity index (χ4n) is 1.51. The minimum atomic E-state index is 0.591. The van der Waals surface area contributed by atoms with Gasteiger partial charge in [0, 0.05) is 19.0 Å². The molecule has 0 saturated heterocycles. The van der Waals surface area contributed by atoms with Crippen LogP contribution in [-0.2, 0) is 0 Å². The topological polar surface area (TPSA) is 12.0 Å². The highest BCUT2D eigenvalue weighted by molar-refractivity contribution is 9.11. The Bertz CT molecular complexity index is 604. The Hall–Kier alpha value is -0.760. The van der Waals surface area contributed by atoms with Gasteiger partial charge in [0.05, 0.1) is 12.2 Å². The number of nitrogens with one attached hydrogen (secondary N) is 1. The first-order chi connectivity index (χ1) is 9.16. The summed E-state index contributed by atoms with van der Waals surface area (Å²) < 4.78 is 3.01. The lowest BCUT2D eigenvalue weighted by Crippen LogP contribution is -2.00. The summed E-state index contributed by atoms with van der Waals surface area (Å²) in [6, 6.07) is 13.9. The van der Waals surface area contributed by atoms with Crippen molar-refractivity contribution in [2.24, 2.45) is 0 Å². The zero-order valence-corrected chi connectivity index (χ0v) is 14.6.